The Bertz CT molecular complexity index is 1140. The molecule has 0 spiro atoms. The topological polar surface area (TPSA) is 55.1 Å². The fraction of sp³-hybridized carbons (Fsp3) is 0.120. The molecule has 1 amide bonds. The molecule has 4 nitrogen and oxygen atoms in total. The van der Waals surface area contributed by atoms with E-state index in [-0.39, 0.29) is 12.3 Å². The second kappa shape index (κ2) is 10.3. The monoisotopic (exact) mass is 448 g/mol. The van der Waals surface area contributed by atoms with Crippen LogP contribution in [-0.2, 0) is 17.0 Å². The molecule has 0 atom stereocenters. The second-order valence-corrected chi connectivity index (χ2v) is 8.40. The van der Waals surface area contributed by atoms with E-state index in [0.29, 0.717) is 23.1 Å². The Balaban J connectivity index is 1.33. The van der Waals surface area contributed by atoms with Crippen molar-refractivity contribution in [3.8, 4) is 11.3 Å². The number of carbonyl (C=O) groups is 1. The summed E-state index contributed by atoms with van der Waals surface area (Å²) in [5.74, 6) is 1.97. The van der Waals surface area contributed by atoms with Crippen molar-refractivity contribution in [1.29, 1.82) is 0 Å². The summed E-state index contributed by atoms with van der Waals surface area (Å²) in [6.45, 7) is 0. The van der Waals surface area contributed by atoms with Gasteiger partial charge >= 0.3 is 0 Å². The smallest absolute Gasteiger partial charge is 0.224 e. The number of halogens is 1. The van der Waals surface area contributed by atoms with E-state index in [4.69, 9.17) is 16.0 Å². The van der Waals surface area contributed by atoms with Crippen molar-refractivity contribution < 1.29 is 9.21 Å². The van der Waals surface area contributed by atoms with Crippen LogP contribution < -0.4 is 5.32 Å². The molecule has 1 N–H and O–H groups in total. The number of hydrogen-bond acceptors (Lipinski definition) is 4. The maximum atomic E-state index is 12.5. The summed E-state index contributed by atoms with van der Waals surface area (Å²) in [5, 5.41) is 3.69. The van der Waals surface area contributed by atoms with Crippen LogP contribution in [0.3, 0.4) is 0 Å². The number of para-hydroxylation sites is 1. The molecule has 156 valence electrons. The number of rotatable bonds is 8. The predicted octanol–water partition coefficient (Wildman–Crippen LogP) is 6.86. The third-order valence-electron chi connectivity index (χ3n) is 4.65. The number of carbonyl (C=O) groups excluding carboxylic acids is 1. The molecule has 0 aliphatic rings. The first-order chi connectivity index (χ1) is 15.2. The number of aryl methyl sites for hydroxylation is 1. The maximum Gasteiger partial charge on any atom is 0.224 e. The molecule has 1 heterocycles. The van der Waals surface area contributed by atoms with Crippen molar-refractivity contribution in [1.82, 2.24) is 4.98 Å². The van der Waals surface area contributed by atoms with E-state index in [1.54, 1.807) is 30.1 Å². The van der Waals surface area contributed by atoms with Crippen LogP contribution >= 0.6 is 23.4 Å². The van der Waals surface area contributed by atoms with Crippen LogP contribution in [0, 0.1) is 0 Å². The SMILES string of the molecule is O=C(CCc1ncc(-c2ccc(Cl)cc2)o1)Nc1ccccc1SCc1ccccc1. The van der Waals surface area contributed by atoms with Gasteiger partial charge in [-0.1, -0.05) is 54.1 Å². The molecule has 0 aliphatic carbocycles. The summed E-state index contributed by atoms with van der Waals surface area (Å²) in [4.78, 5) is 17.9. The molecule has 0 fully saturated rings. The zero-order chi connectivity index (χ0) is 21.5. The second-order valence-electron chi connectivity index (χ2n) is 6.94. The largest absolute Gasteiger partial charge is 0.441 e. The van der Waals surface area contributed by atoms with Gasteiger partial charge in [0.25, 0.3) is 0 Å². The Morgan fingerprint density at radius 2 is 1.71 bits per heavy atom. The van der Waals surface area contributed by atoms with E-state index in [9.17, 15) is 4.79 Å². The Morgan fingerprint density at radius 1 is 0.968 bits per heavy atom. The quantitative estimate of drug-likeness (QED) is 0.299. The van der Waals surface area contributed by atoms with Gasteiger partial charge in [-0.15, -0.1) is 11.8 Å². The molecule has 4 rings (SSSR count). The molecule has 6 heteroatoms. The minimum atomic E-state index is -0.0704. The molecular formula is C25H21ClN2O2S. The van der Waals surface area contributed by atoms with Crippen LogP contribution in [0.4, 0.5) is 5.69 Å². The summed E-state index contributed by atoms with van der Waals surface area (Å²) in [5.41, 5.74) is 2.97. The first-order valence-corrected chi connectivity index (χ1v) is 11.3. The number of aromatic nitrogens is 1. The fourth-order valence-electron chi connectivity index (χ4n) is 3.04. The summed E-state index contributed by atoms with van der Waals surface area (Å²) in [6, 6.07) is 25.5. The van der Waals surface area contributed by atoms with Crippen LogP contribution in [0.15, 0.2) is 94.4 Å². The van der Waals surface area contributed by atoms with Crippen molar-refractivity contribution in [3.05, 3.63) is 102 Å². The zero-order valence-electron chi connectivity index (χ0n) is 16.8. The maximum absolute atomic E-state index is 12.5. The van der Waals surface area contributed by atoms with Gasteiger partial charge in [0.05, 0.1) is 11.9 Å². The molecule has 0 bridgehead atoms. The van der Waals surface area contributed by atoms with Gasteiger partial charge in [-0.3, -0.25) is 4.79 Å². The third kappa shape index (κ3) is 6.00. The van der Waals surface area contributed by atoms with E-state index >= 15 is 0 Å². The lowest BCUT2D eigenvalue weighted by atomic mass is 10.2. The highest BCUT2D eigenvalue weighted by Gasteiger charge is 2.11. The van der Waals surface area contributed by atoms with Crippen LogP contribution in [0.25, 0.3) is 11.3 Å². The predicted molar refractivity (Wildman–Crippen MR) is 126 cm³/mol. The van der Waals surface area contributed by atoms with Crippen molar-refractivity contribution in [3.63, 3.8) is 0 Å². The van der Waals surface area contributed by atoms with Crippen molar-refractivity contribution in [2.75, 3.05) is 5.32 Å². The summed E-state index contributed by atoms with van der Waals surface area (Å²) in [6.07, 6.45) is 2.39. The standard InChI is InChI=1S/C25H21ClN2O2S/c26-20-12-10-19(11-13-20)22-16-27-25(30-22)15-14-24(29)28-21-8-4-5-9-23(21)31-17-18-6-2-1-3-7-18/h1-13,16H,14-15,17H2,(H,28,29). The van der Waals surface area contributed by atoms with E-state index < -0.39 is 0 Å². The molecule has 31 heavy (non-hydrogen) atoms. The molecule has 0 saturated carbocycles. The molecule has 0 radical (unpaired) electrons. The Hall–Kier alpha value is -3.02. The first-order valence-electron chi connectivity index (χ1n) is 9.93. The number of amides is 1. The van der Waals surface area contributed by atoms with Gasteiger partial charge in [-0.05, 0) is 42.0 Å². The van der Waals surface area contributed by atoms with Crippen LogP contribution in [0.5, 0.6) is 0 Å². The third-order valence-corrected chi connectivity index (χ3v) is 6.04. The lowest BCUT2D eigenvalue weighted by molar-refractivity contribution is -0.116. The van der Waals surface area contributed by atoms with Crippen LogP contribution in [0.1, 0.15) is 17.9 Å². The molecule has 0 saturated heterocycles. The molecule has 0 aliphatic heterocycles. The molecule has 4 aromatic rings. The van der Waals surface area contributed by atoms with Gasteiger partial charge in [-0.2, -0.15) is 0 Å². The van der Waals surface area contributed by atoms with Gasteiger partial charge in [0, 0.05) is 34.1 Å². The van der Waals surface area contributed by atoms with Gasteiger partial charge in [0.2, 0.25) is 5.91 Å². The number of anilines is 1. The van der Waals surface area contributed by atoms with E-state index in [2.05, 4.69) is 22.4 Å². The minimum Gasteiger partial charge on any atom is -0.441 e. The highest BCUT2D eigenvalue weighted by atomic mass is 35.5. The normalized spacial score (nSPS) is 10.7. The minimum absolute atomic E-state index is 0.0704. The highest BCUT2D eigenvalue weighted by Crippen LogP contribution is 2.30. The van der Waals surface area contributed by atoms with Gasteiger partial charge in [0.15, 0.2) is 11.7 Å². The Labute approximate surface area is 190 Å². The highest BCUT2D eigenvalue weighted by molar-refractivity contribution is 7.98. The van der Waals surface area contributed by atoms with E-state index in [1.807, 2.05) is 54.6 Å². The van der Waals surface area contributed by atoms with E-state index in [1.165, 1.54) is 5.56 Å². The number of thioether (sulfide) groups is 1. The molecular weight excluding hydrogens is 428 g/mol. The average molecular weight is 449 g/mol. The van der Waals surface area contributed by atoms with Gasteiger partial charge in [0.1, 0.15) is 0 Å². The summed E-state index contributed by atoms with van der Waals surface area (Å²) >= 11 is 7.63. The van der Waals surface area contributed by atoms with Crippen LogP contribution in [0.2, 0.25) is 5.02 Å². The van der Waals surface area contributed by atoms with E-state index in [0.717, 1.165) is 21.9 Å². The average Bonchev–Trinajstić information content (AvgIpc) is 3.27. The molecule has 3 aromatic carbocycles. The Kier molecular flexibility index (Phi) is 7.07. The summed E-state index contributed by atoms with van der Waals surface area (Å²) < 4.78 is 5.78. The van der Waals surface area contributed by atoms with Crippen molar-refractivity contribution >= 4 is 35.0 Å². The van der Waals surface area contributed by atoms with Crippen molar-refractivity contribution in [2.24, 2.45) is 0 Å². The number of nitrogens with one attached hydrogen (secondary N) is 1. The fourth-order valence-corrected chi connectivity index (χ4v) is 4.13. The lowest BCUT2D eigenvalue weighted by Crippen LogP contribution is -2.13. The first kappa shape index (κ1) is 21.2. The number of oxazole rings is 1. The van der Waals surface area contributed by atoms with Crippen LogP contribution in [-0.4, -0.2) is 10.9 Å². The lowest BCUT2D eigenvalue weighted by Gasteiger charge is -2.10. The molecule has 0 unspecified atom stereocenters. The van der Waals surface area contributed by atoms with Gasteiger partial charge in [-0.25, -0.2) is 4.98 Å². The van der Waals surface area contributed by atoms with Crippen molar-refractivity contribution in [2.45, 2.75) is 23.5 Å². The number of hydrogen-bond donors (Lipinski definition) is 1. The zero-order valence-corrected chi connectivity index (χ0v) is 18.3. The molecule has 1 aromatic heterocycles. The summed E-state index contributed by atoms with van der Waals surface area (Å²) in [7, 11) is 0. The number of benzene rings is 3. The van der Waals surface area contributed by atoms with Gasteiger partial charge < -0.3 is 9.73 Å². The number of nitrogens with zero attached hydrogens (tertiary/aromatic N) is 1. The Morgan fingerprint density at radius 3 is 2.52 bits per heavy atom.